The van der Waals surface area contributed by atoms with Crippen LogP contribution in [0.2, 0.25) is 0 Å². The smallest absolute Gasteiger partial charge is 0.275 e. The molecule has 5 nitrogen and oxygen atoms in total. The van der Waals surface area contributed by atoms with Gasteiger partial charge in [0.2, 0.25) is 0 Å². The summed E-state index contributed by atoms with van der Waals surface area (Å²) in [5.41, 5.74) is 2.12. The highest BCUT2D eigenvalue weighted by atomic mass is 79.9. The van der Waals surface area contributed by atoms with Crippen molar-refractivity contribution in [2.24, 2.45) is 0 Å². The molecule has 2 N–H and O–H groups in total. The molecule has 7 heteroatoms. The van der Waals surface area contributed by atoms with Crippen molar-refractivity contribution in [3.63, 3.8) is 0 Å². The SMILES string of the molecule is Cc1cc(Br)ccc1NC(=O)c1csc(Nc2ccccn2)n1. The molecule has 0 fully saturated rings. The highest BCUT2D eigenvalue weighted by Gasteiger charge is 2.12. The molecular formula is C16H13BrN4OS. The van der Waals surface area contributed by atoms with E-state index >= 15 is 0 Å². The van der Waals surface area contributed by atoms with E-state index in [1.807, 2.05) is 43.3 Å². The number of anilines is 3. The van der Waals surface area contributed by atoms with Crippen LogP contribution in [0.1, 0.15) is 16.1 Å². The maximum atomic E-state index is 12.3. The quantitative estimate of drug-likeness (QED) is 0.684. The van der Waals surface area contributed by atoms with Crippen molar-refractivity contribution >= 4 is 49.8 Å². The number of pyridine rings is 1. The third kappa shape index (κ3) is 3.94. The van der Waals surface area contributed by atoms with Crippen LogP contribution in [0.25, 0.3) is 0 Å². The Hall–Kier alpha value is -2.25. The van der Waals surface area contributed by atoms with Gasteiger partial charge in [-0.3, -0.25) is 4.79 Å². The second-order valence-electron chi connectivity index (χ2n) is 4.79. The average Bonchev–Trinajstić information content (AvgIpc) is 3.00. The van der Waals surface area contributed by atoms with Crippen LogP contribution in [-0.4, -0.2) is 15.9 Å². The minimum Gasteiger partial charge on any atom is -0.320 e. The van der Waals surface area contributed by atoms with E-state index in [2.05, 4.69) is 36.5 Å². The Kier molecular flexibility index (Phi) is 4.68. The molecule has 2 aromatic heterocycles. The molecule has 23 heavy (non-hydrogen) atoms. The van der Waals surface area contributed by atoms with E-state index in [1.165, 1.54) is 11.3 Å². The number of halogens is 1. The second kappa shape index (κ2) is 6.89. The van der Waals surface area contributed by atoms with Crippen LogP contribution in [0.15, 0.2) is 52.4 Å². The summed E-state index contributed by atoms with van der Waals surface area (Å²) in [7, 11) is 0. The normalized spacial score (nSPS) is 10.3. The number of nitrogens with zero attached hydrogens (tertiary/aromatic N) is 2. The van der Waals surface area contributed by atoms with Gasteiger partial charge in [0, 0.05) is 21.7 Å². The predicted molar refractivity (Wildman–Crippen MR) is 96.5 cm³/mol. The number of carbonyl (C=O) groups excluding carboxylic acids is 1. The fourth-order valence-electron chi connectivity index (χ4n) is 1.94. The number of benzene rings is 1. The molecule has 3 aromatic rings. The van der Waals surface area contributed by atoms with Crippen molar-refractivity contribution in [1.82, 2.24) is 9.97 Å². The van der Waals surface area contributed by atoms with Crippen molar-refractivity contribution < 1.29 is 4.79 Å². The third-order valence-electron chi connectivity index (χ3n) is 3.07. The zero-order valence-corrected chi connectivity index (χ0v) is 14.6. The van der Waals surface area contributed by atoms with E-state index in [9.17, 15) is 4.79 Å². The van der Waals surface area contributed by atoms with Crippen molar-refractivity contribution in [2.45, 2.75) is 6.92 Å². The lowest BCUT2D eigenvalue weighted by atomic mass is 10.2. The van der Waals surface area contributed by atoms with Gasteiger partial charge in [-0.05, 0) is 42.8 Å². The van der Waals surface area contributed by atoms with Crippen LogP contribution >= 0.6 is 27.3 Å². The number of hydrogen-bond acceptors (Lipinski definition) is 5. The topological polar surface area (TPSA) is 66.9 Å². The van der Waals surface area contributed by atoms with Gasteiger partial charge in [-0.1, -0.05) is 22.0 Å². The van der Waals surface area contributed by atoms with Gasteiger partial charge >= 0.3 is 0 Å². The lowest BCUT2D eigenvalue weighted by molar-refractivity contribution is 0.102. The molecule has 0 saturated carbocycles. The van der Waals surface area contributed by atoms with Gasteiger partial charge in [0.1, 0.15) is 11.5 Å². The van der Waals surface area contributed by atoms with Crippen LogP contribution < -0.4 is 10.6 Å². The van der Waals surface area contributed by atoms with E-state index < -0.39 is 0 Å². The van der Waals surface area contributed by atoms with Crippen LogP contribution in [0, 0.1) is 6.92 Å². The highest BCUT2D eigenvalue weighted by Crippen LogP contribution is 2.23. The van der Waals surface area contributed by atoms with Gasteiger partial charge < -0.3 is 10.6 Å². The Bertz CT molecular complexity index is 835. The van der Waals surface area contributed by atoms with Gasteiger partial charge in [-0.2, -0.15) is 0 Å². The molecule has 2 heterocycles. The zero-order chi connectivity index (χ0) is 16.2. The van der Waals surface area contributed by atoms with E-state index in [1.54, 1.807) is 11.6 Å². The Balaban J connectivity index is 1.71. The molecule has 1 aromatic carbocycles. The van der Waals surface area contributed by atoms with Gasteiger partial charge in [0.15, 0.2) is 5.13 Å². The summed E-state index contributed by atoms with van der Waals surface area (Å²) in [5.74, 6) is 0.457. The molecule has 0 bridgehead atoms. The van der Waals surface area contributed by atoms with Crippen molar-refractivity contribution in [2.75, 3.05) is 10.6 Å². The first-order valence-electron chi connectivity index (χ1n) is 6.83. The first-order valence-corrected chi connectivity index (χ1v) is 8.50. The molecule has 0 aliphatic carbocycles. The lowest BCUT2D eigenvalue weighted by Gasteiger charge is -2.07. The monoisotopic (exact) mass is 388 g/mol. The van der Waals surface area contributed by atoms with Gasteiger partial charge in [-0.25, -0.2) is 9.97 Å². The van der Waals surface area contributed by atoms with Gasteiger partial charge in [-0.15, -0.1) is 11.3 Å². The molecule has 0 spiro atoms. The molecule has 0 aliphatic rings. The van der Waals surface area contributed by atoms with E-state index in [-0.39, 0.29) is 5.91 Å². The molecule has 0 aliphatic heterocycles. The van der Waals surface area contributed by atoms with Crippen LogP contribution in [0.3, 0.4) is 0 Å². The van der Waals surface area contributed by atoms with E-state index in [0.29, 0.717) is 16.6 Å². The maximum Gasteiger partial charge on any atom is 0.275 e. The van der Waals surface area contributed by atoms with Crippen LogP contribution in [0.5, 0.6) is 0 Å². The number of thiazole rings is 1. The standard InChI is InChI=1S/C16H13BrN4OS/c1-10-8-11(17)5-6-12(10)19-15(22)13-9-23-16(20-13)21-14-4-2-3-7-18-14/h2-9H,1H3,(H,19,22)(H,18,20,21). The highest BCUT2D eigenvalue weighted by molar-refractivity contribution is 9.10. The summed E-state index contributed by atoms with van der Waals surface area (Å²) < 4.78 is 0.975. The summed E-state index contributed by atoms with van der Waals surface area (Å²) >= 11 is 4.76. The summed E-state index contributed by atoms with van der Waals surface area (Å²) in [5, 5.41) is 8.29. The molecular weight excluding hydrogens is 376 g/mol. The molecule has 0 unspecified atom stereocenters. The summed E-state index contributed by atoms with van der Waals surface area (Å²) in [6, 6.07) is 11.3. The average molecular weight is 389 g/mol. The third-order valence-corrected chi connectivity index (χ3v) is 4.32. The number of carbonyl (C=O) groups is 1. The zero-order valence-electron chi connectivity index (χ0n) is 12.2. The Morgan fingerprint density at radius 1 is 1.26 bits per heavy atom. The number of rotatable bonds is 4. The first-order chi connectivity index (χ1) is 11.1. The number of amides is 1. The van der Waals surface area contributed by atoms with Gasteiger partial charge in [0.05, 0.1) is 0 Å². The van der Waals surface area contributed by atoms with Crippen molar-refractivity contribution in [1.29, 1.82) is 0 Å². The number of aromatic nitrogens is 2. The Morgan fingerprint density at radius 3 is 2.87 bits per heavy atom. The largest absolute Gasteiger partial charge is 0.320 e. The van der Waals surface area contributed by atoms with E-state index in [4.69, 9.17) is 0 Å². The maximum absolute atomic E-state index is 12.3. The molecule has 3 rings (SSSR count). The Morgan fingerprint density at radius 2 is 2.13 bits per heavy atom. The predicted octanol–water partition coefficient (Wildman–Crippen LogP) is 4.60. The molecule has 116 valence electrons. The second-order valence-corrected chi connectivity index (χ2v) is 6.57. The molecule has 0 radical (unpaired) electrons. The summed E-state index contributed by atoms with van der Waals surface area (Å²) in [4.78, 5) is 20.8. The lowest BCUT2D eigenvalue weighted by Crippen LogP contribution is -2.13. The first kappa shape index (κ1) is 15.6. The van der Waals surface area contributed by atoms with E-state index in [0.717, 1.165) is 15.7 Å². The van der Waals surface area contributed by atoms with Crippen molar-refractivity contribution in [3.05, 3.63) is 63.7 Å². The fourth-order valence-corrected chi connectivity index (χ4v) is 3.11. The van der Waals surface area contributed by atoms with Crippen molar-refractivity contribution in [3.8, 4) is 0 Å². The summed E-state index contributed by atoms with van der Waals surface area (Å²) in [6.07, 6.45) is 1.69. The molecule has 0 saturated heterocycles. The van der Waals surface area contributed by atoms with Crippen LogP contribution in [0.4, 0.5) is 16.6 Å². The van der Waals surface area contributed by atoms with Gasteiger partial charge in [0.25, 0.3) is 5.91 Å². The fraction of sp³-hybridized carbons (Fsp3) is 0.0625. The number of nitrogens with one attached hydrogen (secondary N) is 2. The van der Waals surface area contributed by atoms with Crippen LogP contribution in [-0.2, 0) is 0 Å². The number of aryl methyl sites for hydroxylation is 1. The summed E-state index contributed by atoms with van der Waals surface area (Å²) in [6.45, 7) is 1.94. The minimum absolute atomic E-state index is 0.235. The molecule has 0 atom stereocenters. The molecule has 1 amide bonds. The minimum atomic E-state index is -0.235. The number of hydrogen-bond donors (Lipinski definition) is 2. The Labute approximate surface area is 145 Å².